The van der Waals surface area contributed by atoms with E-state index in [2.05, 4.69) is 9.97 Å². The summed E-state index contributed by atoms with van der Waals surface area (Å²) >= 11 is 0. The Morgan fingerprint density at radius 3 is 2.39 bits per heavy atom. The summed E-state index contributed by atoms with van der Waals surface area (Å²) in [6.07, 6.45) is 5.61. The third kappa shape index (κ3) is 4.32. The first-order valence-electron chi connectivity index (χ1n) is 11.1. The third-order valence-electron chi connectivity index (χ3n) is 6.67. The standard InChI is InChI=1S/C23H27FN2O4S/c24-22-20(21(27)16-1-2-16)25-23(26-22)19(13-14-9-11-30-12-10-14)15-3-5-17(6-4-15)31(28,29)18-7-8-18/h3-6,14,16,18-19H,1-2,7-13H2,(H,25,26). The maximum Gasteiger partial charge on any atom is 0.222 e. The quantitative estimate of drug-likeness (QED) is 0.619. The van der Waals surface area contributed by atoms with E-state index in [0.29, 0.717) is 29.9 Å². The highest BCUT2D eigenvalue weighted by molar-refractivity contribution is 7.92. The van der Waals surface area contributed by atoms with E-state index in [4.69, 9.17) is 4.74 Å². The van der Waals surface area contributed by atoms with E-state index in [1.165, 1.54) is 0 Å². The summed E-state index contributed by atoms with van der Waals surface area (Å²) in [6.45, 7) is 1.40. The molecular weight excluding hydrogens is 419 g/mol. The van der Waals surface area contributed by atoms with E-state index >= 15 is 0 Å². The number of nitrogens with zero attached hydrogens (tertiary/aromatic N) is 1. The second-order valence-corrected chi connectivity index (χ2v) is 11.3. The molecule has 3 fully saturated rings. The lowest BCUT2D eigenvalue weighted by atomic mass is 9.84. The molecule has 0 bridgehead atoms. The second-order valence-electron chi connectivity index (χ2n) is 9.08. The van der Waals surface area contributed by atoms with Gasteiger partial charge in [0.25, 0.3) is 0 Å². The molecule has 0 amide bonds. The SMILES string of the molecule is O=C(c1nc(C(CC2CCOCC2)c2ccc(S(=O)(=O)C3CC3)cc2)[nH]c1F)C1CC1. The van der Waals surface area contributed by atoms with E-state index < -0.39 is 15.8 Å². The largest absolute Gasteiger partial charge is 0.381 e. The van der Waals surface area contributed by atoms with Crippen molar-refractivity contribution in [2.75, 3.05) is 13.2 Å². The number of halogens is 1. The number of hydrogen-bond acceptors (Lipinski definition) is 5. The van der Waals surface area contributed by atoms with Gasteiger partial charge < -0.3 is 9.72 Å². The predicted molar refractivity (Wildman–Crippen MR) is 112 cm³/mol. The average Bonchev–Trinajstić information content (AvgIpc) is 3.69. The number of imidazole rings is 1. The monoisotopic (exact) mass is 446 g/mol. The number of Topliss-reactive ketones (excluding diaryl/α,β-unsaturated/α-hetero) is 1. The molecule has 1 aromatic carbocycles. The van der Waals surface area contributed by atoms with Crippen molar-refractivity contribution in [3.8, 4) is 0 Å². The molecular formula is C23H27FN2O4S. The van der Waals surface area contributed by atoms with Gasteiger partial charge in [0, 0.05) is 25.0 Å². The molecule has 2 aromatic rings. The number of benzene rings is 1. The summed E-state index contributed by atoms with van der Waals surface area (Å²) in [4.78, 5) is 19.9. The van der Waals surface area contributed by atoms with Crippen LogP contribution in [0, 0.1) is 17.8 Å². The van der Waals surface area contributed by atoms with Gasteiger partial charge >= 0.3 is 0 Å². The van der Waals surface area contributed by atoms with Gasteiger partial charge in [-0.1, -0.05) is 12.1 Å². The zero-order chi connectivity index (χ0) is 21.6. The van der Waals surface area contributed by atoms with Crippen molar-refractivity contribution >= 4 is 15.6 Å². The number of aromatic amines is 1. The molecule has 1 aliphatic heterocycles. The molecule has 0 radical (unpaired) electrons. The fourth-order valence-corrected chi connectivity index (χ4v) is 6.07. The van der Waals surface area contributed by atoms with Gasteiger partial charge in [-0.2, -0.15) is 4.39 Å². The van der Waals surface area contributed by atoms with Crippen molar-refractivity contribution in [1.29, 1.82) is 0 Å². The van der Waals surface area contributed by atoms with E-state index in [0.717, 1.165) is 50.5 Å². The van der Waals surface area contributed by atoms with Crippen molar-refractivity contribution in [2.45, 2.75) is 61.0 Å². The van der Waals surface area contributed by atoms with Gasteiger partial charge in [-0.05, 0) is 68.6 Å². The fraction of sp³-hybridized carbons (Fsp3) is 0.565. The second kappa shape index (κ2) is 8.13. The van der Waals surface area contributed by atoms with Crippen LogP contribution in [0.1, 0.15) is 72.7 Å². The Labute approximate surface area is 181 Å². The minimum Gasteiger partial charge on any atom is -0.381 e. The number of ketones is 1. The van der Waals surface area contributed by atoms with Crippen LogP contribution in [0.15, 0.2) is 29.2 Å². The molecule has 1 aromatic heterocycles. The van der Waals surface area contributed by atoms with Crippen LogP contribution in [0.25, 0.3) is 0 Å². The van der Waals surface area contributed by atoms with Crippen LogP contribution in [0.3, 0.4) is 0 Å². The molecule has 31 heavy (non-hydrogen) atoms. The molecule has 3 aliphatic rings. The summed E-state index contributed by atoms with van der Waals surface area (Å²) in [7, 11) is -3.26. The van der Waals surface area contributed by atoms with Gasteiger partial charge in [-0.25, -0.2) is 13.4 Å². The summed E-state index contributed by atoms with van der Waals surface area (Å²) in [5, 5.41) is -0.258. The van der Waals surface area contributed by atoms with Gasteiger partial charge in [0.15, 0.2) is 21.3 Å². The Morgan fingerprint density at radius 1 is 1.10 bits per heavy atom. The van der Waals surface area contributed by atoms with E-state index in [-0.39, 0.29) is 28.6 Å². The van der Waals surface area contributed by atoms with Crippen molar-refractivity contribution in [2.24, 2.45) is 11.8 Å². The lowest BCUT2D eigenvalue weighted by Gasteiger charge is -2.26. The molecule has 1 unspecified atom stereocenters. The Bertz CT molecular complexity index is 1070. The molecule has 1 atom stereocenters. The lowest BCUT2D eigenvalue weighted by molar-refractivity contribution is 0.0625. The third-order valence-corrected chi connectivity index (χ3v) is 8.95. The number of rotatable bonds is 8. The van der Waals surface area contributed by atoms with E-state index in [9.17, 15) is 17.6 Å². The van der Waals surface area contributed by atoms with Crippen molar-refractivity contribution in [3.63, 3.8) is 0 Å². The molecule has 0 spiro atoms. The van der Waals surface area contributed by atoms with Crippen LogP contribution in [0.5, 0.6) is 0 Å². The molecule has 1 N–H and O–H groups in total. The van der Waals surface area contributed by atoms with Crippen LogP contribution in [-0.2, 0) is 14.6 Å². The zero-order valence-corrected chi connectivity index (χ0v) is 18.2. The average molecular weight is 447 g/mol. The highest BCUT2D eigenvalue weighted by Gasteiger charge is 2.37. The molecule has 2 heterocycles. The van der Waals surface area contributed by atoms with Crippen LogP contribution in [0.4, 0.5) is 4.39 Å². The summed E-state index contributed by atoms with van der Waals surface area (Å²) < 4.78 is 45.1. The Hall–Kier alpha value is -2.06. The van der Waals surface area contributed by atoms with Crippen molar-refractivity contribution < 1.29 is 22.3 Å². The number of carbonyl (C=O) groups excluding carboxylic acids is 1. The van der Waals surface area contributed by atoms with Gasteiger partial charge in [-0.15, -0.1) is 0 Å². The normalized spacial score (nSPS) is 21.2. The Balaban J connectivity index is 1.45. The lowest BCUT2D eigenvalue weighted by Crippen LogP contribution is -2.19. The smallest absolute Gasteiger partial charge is 0.222 e. The Morgan fingerprint density at radius 2 is 1.77 bits per heavy atom. The maximum absolute atomic E-state index is 14.6. The van der Waals surface area contributed by atoms with Gasteiger partial charge in [0.05, 0.1) is 10.1 Å². The summed E-state index contributed by atoms with van der Waals surface area (Å²) in [6, 6.07) is 6.91. The summed E-state index contributed by atoms with van der Waals surface area (Å²) in [5.74, 6) is -0.412. The van der Waals surface area contributed by atoms with Crippen LogP contribution >= 0.6 is 0 Å². The minimum absolute atomic E-state index is 0.0950. The molecule has 8 heteroatoms. The zero-order valence-electron chi connectivity index (χ0n) is 17.3. The highest BCUT2D eigenvalue weighted by atomic mass is 32.2. The van der Waals surface area contributed by atoms with Crippen LogP contribution in [-0.4, -0.2) is 42.6 Å². The van der Waals surface area contributed by atoms with Crippen LogP contribution < -0.4 is 0 Å². The number of sulfone groups is 1. The Kier molecular flexibility index (Phi) is 5.46. The molecule has 2 aliphatic carbocycles. The first kappa shape index (κ1) is 20.8. The maximum atomic E-state index is 14.6. The minimum atomic E-state index is -3.26. The van der Waals surface area contributed by atoms with Crippen molar-refractivity contribution in [1.82, 2.24) is 9.97 Å². The number of H-pyrrole nitrogens is 1. The van der Waals surface area contributed by atoms with Gasteiger partial charge in [0.1, 0.15) is 5.82 Å². The van der Waals surface area contributed by atoms with Crippen LogP contribution in [0.2, 0.25) is 0 Å². The predicted octanol–water partition coefficient (Wildman–Crippen LogP) is 4.03. The number of ether oxygens (including phenoxy) is 1. The number of carbonyl (C=O) groups is 1. The van der Waals surface area contributed by atoms with E-state index in [1.807, 2.05) is 12.1 Å². The fourth-order valence-electron chi connectivity index (χ4n) is 4.42. The van der Waals surface area contributed by atoms with E-state index in [1.54, 1.807) is 12.1 Å². The molecule has 166 valence electrons. The number of aromatic nitrogens is 2. The molecule has 2 saturated carbocycles. The summed E-state index contributed by atoms with van der Waals surface area (Å²) in [5.41, 5.74) is 0.780. The highest BCUT2D eigenvalue weighted by Crippen LogP contribution is 2.38. The molecule has 5 rings (SSSR count). The number of hydrogen-bond donors (Lipinski definition) is 1. The topological polar surface area (TPSA) is 89.1 Å². The number of nitrogens with one attached hydrogen (secondary N) is 1. The molecule has 1 saturated heterocycles. The van der Waals surface area contributed by atoms with Gasteiger partial charge in [0.2, 0.25) is 5.95 Å². The van der Waals surface area contributed by atoms with Gasteiger partial charge in [-0.3, -0.25) is 4.79 Å². The molecule has 6 nitrogen and oxygen atoms in total. The first-order chi connectivity index (χ1) is 14.9. The first-order valence-corrected chi connectivity index (χ1v) is 12.7. The van der Waals surface area contributed by atoms with Crippen molar-refractivity contribution in [3.05, 3.63) is 47.3 Å².